The van der Waals surface area contributed by atoms with Crippen LogP contribution in [0.15, 0.2) is 59.7 Å². The van der Waals surface area contributed by atoms with E-state index in [1.807, 2.05) is 36.1 Å². The van der Waals surface area contributed by atoms with Gasteiger partial charge >= 0.3 is 5.97 Å². The van der Waals surface area contributed by atoms with Crippen molar-refractivity contribution < 1.29 is 19.1 Å². The minimum atomic E-state index is -1.10. The van der Waals surface area contributed by atoms with Gasteiger partial charge in [0.2, 0.25) is 5.91 Å². The highest BCUT2D eigenvalue weighted by atomic mass is 35.5. The van der Waals surface area contributed by atoms with Gasteiger partial charge in [-0.3, -0.25) is 14.4 Å². The highest BCUT2D eigenvalue weighted by Crippen LogP contribution is 2.57. The van der Waals surface area contributed by atoms with Crippen LogP contribution >= 0.6 is 23.2 Å². The van der Waals surface area contributed by atoms with E-state index in [0.29, 0.717) is 34.4 Å². The normalized spacial score (nSPS) is 24.1. The fraction of sp³-hybridized carbons (Fsp3) is 0.357. The average Bonchev–Trinajstić information content (AvgIpc) is 3.14. The Balaban J connectivity index is 1.70. The number of nitrogens with zero attached hydrogens (tertiary/aromatic N) is 3. The molecule has 3 aliphatic rings. The molecule has 0 bridgehead atoms. The number of ether oxygens (including phenoxy) is 1. The van der Waals surface area contributed by atoms with Gasteiger partial charge in [-0.1, -0.05) is 60.5 Å². The lowest BCUT2D eigenvalue weighted by Gasteiger charge is -2.54. The third-order valence-corrected chi connectivity index (χ3v) is 8.06. The molecule has 0 aliphatic carbocycles. The monoisotopic (exact) mass is 554 g/mol. The Morgan fingerprint density at radius 3 is 2.68 bits per heavy atom. The molecule has 2 aromatic carbocycles. The number of carbonyl (C=O) groups excluding carboxylic acids is 3. The van der Waals surface area contributed by atoms with Crippen LogP contribution in [0.2, 0.25) is 10.0 Å². The van der Waals surface area contributed by atoms with Crippen molar-refractivity contribution in [3.63, 3.8) is 0 Å². The van der Waals surface area contributed by atoms with Crippen LogP contribution in [0.3, 0.4) is 0 Å². The molecule has 3 atom stereocenters. The largest absolute Gasteiger partial charge is 0.464 e. The van der Waals surface area contributed by atoms with Gasteiger partial charge in [-0.15, -0.1) is 0 Å². The van der Waals surface area contributed by atoms with Crippen molar-refractivity contribution in [3.8, 4) is 0 Å². The van der Waals surface area contributed by atoms with Crippen LogP contribution in [0, 0.1) is 0 Å². The van der Waals surface area contributed by atoms with Crippen molar-refractivity contribution in [3.05, 3.63) is 75.8 Å². The molecule has 1 saturated heterocycles. The van der Waals surface area contributed by atoms with Gasteiger partial charge in [-0.25, -0.2) is 5.01 Å². The Labute approximate surface area is 231 Å². The zero-order valence-electron chi connectivity index (χ0n) is 21.2. The summed E-state index contributed by atoms with van der Waals surface area (Å²) < 4.78 is 5.04. The van der Waals surface area contributed by atoms with Crippen LogP contribution in [0.1, 0.15) is 43.7 Å². The van der Waals surface area contributed by atoms with Gasteiger partial charge in [0.15, 0.2) is 0 Å². The number of nitrogens with one attached hydrogen (secondary N) is 1. The molecule has 0 unspecified atom stereocenters. The van der Waals surface area contributed by atoms with Crippen LogP contribution in [-0.2, 0) is 24.5 Å². The van der Waals surface area contributed by atoms with Crippen molar-refractivity contribution in [1.82, 2.24) is 9.91 Å². The van der Waals surface area contributed by atoms with Gasteiger partial charge in [-0.05, 0) is 41.8 Å². The summed E-state index contributed by atoms with van der Waals surface area (Å²) in [6, 6.07) is 12.4. The van der Waals surface area contributed by atoms with E-state index in [-0.39, 0.29) is 37.4 Å². The Morgan fingerprint density at radius 1 is 1.21 bits per heavy atom. The van der Waals surface area contributed by atoms with Crippen molar-refractivity contribution in [2.75, 3.05) is 25.0 Å². The first kappa shape index (κ1) is 26.3. The third-order valence-electron chi connectivity index (χ3n) is 7.59. The van der Waals surface area contributed by atoms with E-state index in [1.54, 1.807) is 18.2 Å². The number of fused-ring (bicyclic) bond motifs is 3. The van der Waals surface area contributed by atoms with Crippen molar-refractivity contribution in [1.29, 1.82) is 0 Å². The second kappa shape index (κ2) is 10.1. The van der Waals surface area contributed by atoms with Gasteiger partial charge < -0.3 is 15.0 Å². The van der Waals surface area contributed by atoms with Gasteiger partial charge in [0, 0.05) is 35.0 Å². The molecular formula is C28H28Cl2N4O4. The van der Waals surface area contributed by atoms with E-state index < -0.39 is 17.4 Å². The van der Waals surface area contributed by atoms with Crippen LogP contribution in [0.25, 0.3) is 0 Å². The molecule has 2 aromatic rings. The highest BCUT2D eigenvalue weighted by Gasteiger charge is 2.63. The topological polar surface area (TPSA) is 91.3 Å². The Bertz CT molecular complexity index is 1380. The molecule has 2 amide bonds. The van der Waals surface area contributed by atoms with E-state index >= 15 is 0 Å². The number of hydrazone groups is 1. The zero-order valence-corrected chi connectivity index (χ0v) is 22.7. The molecule has 198 valence electrons. The molecule has 5 rings (SSSR count). The maximum Gasteiger partial charge on any atom is 0.302 e. The predicted octanol–water partition coefficient (Wildman–Crippen LogP) is 4.73. The fourth-order valence-electron chi connectivity index (χ4n) is 5.99. The van der Waals surface area contributed by atoms with Gasteiger partial charge in [0.25, 0.3) is 5.91 Å². The molecule has 1 fully saturated rings. The van der Waals surface area contributed by atoms with E-state index in [1.165, 1.54) is 11.9 Å². The van der Waals surface area contributed by atoms with Gasteiger partial charge in [0.05, 0.1) is 12.6 Å². The summed E-state index contributed by atoms with van der Waals surface area (Å²) in [7, 11) is 0. The van der Waals surface area contributed by atoms with Crippen LogP contribution in [0.4, 0.5) is 5.69 Å². The maximum atomic E-state index is 14.2. The van der Waals surface area contributed by atoms with Crippen LogP contribution in [0.5, 0.6) is 0 Å². The number of hydrogen-bond donors (Lipinski definition) is 1. The summed E-state index contributed by atoms with van der Waals surface area (Å²) in [5.41, 5.74) is 2.05. The fourth-order valence-corrected chi connectivity index (χ4v) is 6.36. The molecule has 0 saturated carbocycles. The number of esters is 1. The second-order valence-electron chi connectivity index (χ2n) is 9.74. The number of anilines is 1. The first-order valence-corrected chi connectivity index (χ1v) is 13.2. The lowest BCUT2D eigenvalue weighted by Crippen LogP contribution is -2.66. The molecule has 3 aliphatic heterocycles. The van der Waals surface area contributed by atoms with Crippen molar-refractivity contribution in [2.24, 2.45) is 5.10 Å². The van der Waals surface area contributed by atoms with E-state index in [0.717, 1.165) is 16.7 Å². The second-order valence-corrected chi connectivity index (χ2v) is 10.6. The lowest BCUT2D eigenvalue weighted by atomic mass is 9.58. The number of halogens is 2. The van der Waals surface area contributed by atoms with Crippen LogP contribution in [-0.4, -0.2) is 59.3 Å². The number of amides is 2. The molecule has 3 heterocycles. The summed E-state index contributed by atoms with van der Waals surface area (Å²) in [6.07, 6.45) is 0.972. The molecule has 38 heavy (non-hydrogen) atoms. The number of carbonyl (C=O) groups is 3. The molecule has 8 nitrogen and oxygen atoms in total. The molecule has 1 N–H and O–H groups in total. The summed E-state index contributed by atoms with van der Waals surface area (Å²) in [5.74, 6) is -0.549. The predicted molar refractivity (Wildman–Crippen MR) is 146 cm³/mol. The summed E-state index contributed by atoms with van der Waals surface area (Å²) >= 11 is 12.7. The van der Waals surface area contributed by atoms with Gasteiger partial charge in [-0.2, -0.15) is 5.10 Å². The molecule has 0 radical (unpaired) electrons. The quantitative estimate of drug-likeness (QED) is 0.411. The number of amidine groups is 1. The molecule has 1 spiro atoms. The van der Waals surface area contributed by atoms with Crippen molar-refractivity contribution in [2.45, 2.75) is 44.1 Å². The Kier molecular flexibility index (Phi) is 6.96. The van der Waals surface area contributed by atoms with E-state index in [4.69, 9.17) is 33.0 Å². The Hall–Kier alpha value is -3.36. The minimum Gasteiger partial charge on any atom is -0.464 e. The Morgan fingerprint density at radius 2 is 1.97 bits per heavy atom. The smallest absolute Gasteiger partial charge is 0.302 e. The lowest BCUT2D eigenvalue weighted by molar-refractivity contribution is -0.144. The number of rotatable bonds is 6. The average molecular weight is 555 g/mol. The van der Waals surface area contributed by atoms with E-state index in [9.17, 15) is 14.4 Å². The maximum absolute atomic E-state index is 14.2. The summed E-state index contributed by atoms with van der Waals surface area (Å²) in [6.45, 7) is 7.89. The summed E-state index contributed by atoms with van der Waals surface area (Å²) in [4.78, 5) is 40.6. The third kappa shape index (κ3) is 4.25. The standard InChI is InChI=1S/C28H28Cl2N4O4/c1-4-16(2)26-28(21-9-8-20(30)13-23(21)31-27(28)37)22(18-6-5-7-19(29)12-18)14-24-32-34(10-11-38-17(3)35)25(36)15-33(24)26/h5-9,12-13,22,26H,2,4,10-11,14-15H2,1,3H3,(H,31,37)/t22-,26+,28-/m0/s1. The molecule has 10 heteroatoms. The van der Waals surface area contributed by atoms with E-state index in [2.05, 4.69) is 11.9 Å². The minimum absolute atomic E-state index is 0.0167. The first-order chi connectivity index (χ1) is 18.2. The first-order valence-electron chi connectivity index (χ1n) is 12.5. The number of hydrogen-bond acceptors (Lipinski definition) is 6. The van der Waals surface area contributed by atoms with Gasteiger partial charge in [0.1, 0.15) is 24.4 Å². The zero-order chi connectivity index (χ0) is 27.2. The SMILES string of the molecule is C=C(CC)[C@H]1N2CC(=O)N(CCOC(C)=O)N=C2C[C@@H](c2cccc(Cl)c2)[C@]12C(=O)Nc1cc(Cl)ccc12. The number of benzene rings is 2. The molecule has 0 aromatic heterocycles. The highest BCUT2D eigenvalue weighted by molar-refractivity contribution is 6.31. The van der Waals surface area contributed by atoms with Crippen molar-refractivity contribution >= 4 is 52.5 Å². The van der Waals surface area contributed by atoms with Crippen LogP contribution < -0.4 is 5.32 Å². The molecular weight excluding hydrogens is 527 g/mol. The summed E-state index contributed by atoms with van der Waals surface area (Å²) in [5, 5.41) is 10.2. The number of piperidine rings is 1.